The van der Waals surface area contributed by atoms with Crippen LogP contribution in [0.2, 0.25) is 0 Å². The average Bonchev–Trinajstić information content (AvgIpc) is 2.17. The molecule has 0 aromatic carbocycles. The van der Waals surface area contributed by atoms with Crippen LogP contribution in [0.25, 0.3) is 0 Å². The zero-order valence-electron chi connectivity index (χ0n) is 7.86. The van der Waals surface area contributed by atoms with Crippen molar-refractivity contribution in [3.63, 3.8) is 0 Å². The van der Waals surface area contributed by atoms with Crippen molar-refractivity contribution >= 4 is 11.9 Å². The third-order valence-corrected chi connectivity index (χ3v) is 1.98. The molecule has 0 aliphatic carbocycles. The van der Waals surface area contributed by atoms with Crippen molar-refractivity contribution in [2.24, 2.45) is 0 Å². The van der Waals surface area contributed by atoms with Crippen molar-refractivity contribution < 1.29 is 24.2 Å². The van der Waals surface area contributed by atoms with Gasteiger partial charge in [-0.2, -0.15) is 0 Å². The van der Waals surface area contributed by atoms with Gasteiger partial charge >= 0.3 is 11.9 Å². The molecule has 0 aromatic heterocycles. The lowest BCUT2D eigenvalue weighted by atomic mass is 10.1. The van der Waals surface area contributed by atoms with Crippen LogP contribution in [0.5, 0.6) is 0 Å². The summed E-state index contributed by atoms with van der Waals surface area (Å²) in [6.07, 6.45) is -0.626. The maximum Gasteiger partial charge on any atom is 0.336 e. The number of esters is 1. The van der Waals surface area contributed by atoms with Gasteiger partial charge in [-0.25, -0.2) is 4.79 Å². The average molecular weight is 203 g/mol. The summed E-state index contributed by atoms with van der Waals surface area (Å²) in [4.78, 5) is 21.3. The molecule has 2 unspecified atom stereocenters. The van der Waals surface area contributed by atoms with E-state index in [0.29, 0.717) is 6.54 Å². The van der Waals surface area contributed by atoms with Gasteiger partial charge in [-0.15, -0.1) is 0 Å². The molecular formula is C8H13NO5. The summed E-state index contributed by atoms with van der Waals surface area (Å²) in [6.45, 7) is 0.511. The van der Waals surface area contributed by atoms with Crippen LogP contribution in [-0.2, 0) is 19.1 Å². The van der Waals surface area contributed by atoms with E-state index in [1.807, 2.05) is 0 Å². The predicted octanol–water partition coefficient (Wildman–Crippen LogP) is -1.01. The summed E-state index contributed by atoms with van der Waals surface area (Å²) in [5.74, 6) is -1.33. The minimum absolute atomic E-state index is 0.00606. The number of hydrogen-bond acceptors (Lipinski definition) is 5. The molecule has 2 atom stereocenters. The topological polar surface area (TPSA) is 84.9 Å². The molecule has 0 saturated carbocycles. The number of hydrogen-bond donors (Lipinski definition) is 2. The van der Waals surface area contributed by atoms with Crippen LogP contribution in [0.1, 0.15) is 6.42 Å². The lowest BCUT2D eigenvalue weighted by molar-refractivity contribution is -0.157. The number of carboxylic acid groups (broad SMARTS) is 1. The van der Waals surface area contributed by atoms with Crippen molar-refractivity contribution in [1.29, 1.82) is 0 Å². The molecule has 2 N–H and O–H groups in total. The lowest BCUT2D eigenvalue weighted by Gasteiger charge is -2.27. The second-order valence-corrected chi connectivity index (χ2v) is 3.05. The van der Waals surface area contributed by atoms with Gasteiger partial charge < -0.3 is 19.9 Å². The molecule has 1 fully saturated rings. The van der Waals surface area contributed by atoms with Crippen molar-refractivity contribution in [2.75, 3.05) is 20.3 Å². The maximum atomic E-state index is 11.0. The third kappa shape index (κ3) is 2.97. The highest BCUT2D eigenvalue weighted by Gasteiger charge is 2.27. The first-order chi connectivity index (χ1) is 6.63. The predicted molar refractivity (Wildman–Crippen MR) is 45.8 cm³/mol. The fourth-order valence-corrected chi connectivity index (χ4v) is 1.25. The summed E-state index contributed by atoms with van der Waals surface area (Å²) in [5, 5.41) is 11.4. The van der Waals surface area contributed by atoms with E-state index >= 15 is 0 Å². The molecule has 0 spiro atoms. The molecule has 1 heterocycles. The van der Waals surface area contributed by atoms with Crippen LogP contribution >= 0.6 is 0 Å². The molecule has 0 bridgehead atoms. The third-order valence-electron chi connectivity index (χ3n) is 1.98. The highest BCUT2D eigenvalue weighted by Crippen LogP contribution is 2.05. The standard InChI is InChI=1S/C8H13NO5/c1-13-8(12)6-3-9-5(4-14-6)2-7(10)11/h5-6,9H,2-4H2,1H3,(H,10,11). The van der Waals surface area contributed by atoms with E-state index in [1.165, 1.54) is 7.11 Å². The SMILES string of the molecule is COC(=O)C1CNC(CC(=O)O)CO1. The Morgan fingerprint density at radius 1 is 1.64 bits per heavy atom. The lowest BCUT2D eigenvalue weighted by Crippen LogP contribution is -2.50. The van der Waals surface area contributed by atoms with E-state index in [4.69, 9.17) is 9.84 Å². The van der Waals surface area contributed by atoms with Crippen molar-refractivity contribution in [2.45, 2.75) is 18.6 Å². The number of nitrogens with one attached hydrogen (secondary N) is 1. The Morgan fingerprint density at radius 3 is 2.79 bits per heavy atom. The number of ether oxygens (including phenoxy) is 2. The molecule has 0 aromatic rings. The molecule has 6 nitrogen and oxygen atoms in total. The maximum absolute atomic E-state index is 11.0. The second kappa shape index (κ2) is 4.92. The zero-order valence-corrected chi connectivity index (χ0v) is 7.86. The Bertz CT molecular complexity index is 222. The molecule has 1 saturated heterocycles. The first kappa shape index (κ1) is 10.9. The highest BCUT2D eigenvalue weighted by atomic mass is 16.6. The molecule has 1 aliphatic rings. The molecule has 80 valence electrons. The van der Waals surface area contributed by atoms with Crippen LogP contribution in [-0.4, -0.2) is 49.5 Å². The number of aliphatic carboxylic acids is 1. The first-order valence-corrected chi connectivity index (χ1v) is 4.28. The Kier molecular flexibility index (Phi) is 3.84. The Labute approximate surface area is 81.2 Å². The van der Waals surface area contributed by atoms with E-state index in [1.54, 1.807) is 0 Å². The Balaban J connectivity index is 2.31. The summed E-state index contributed by atoms with van der Waals surface area (Å²) >= 11 is 0. The molecule has 1 aliphatic heterocycles. The number of carbonyl (C=O) groups is 2. The fraction of sp³-hybridized carbons (Fsp3) is 0.750. The van der Waals surface area contributed by atoms with Gasteiger partial charge in [0.1, 0.15) is 0 Å². The number of carbonyl (C=O) groups excluding carboxylic acids is 1. The van der Waals surface area contributed by atoms with Gasteiger partial charge in [-0.3, -0.25) is 4.79 Å². The van der Waals surface area contributed by atoms with Gasteiger partial charge in [0.15, 0.2) is 6.10 Å². The largest absolute Gasteiger partial charge is 0.481 e. The molecule has 1 rings (SSSR count). The van der Waals surface area contributed by atoms with Gasteiger partial charge in [0.2, 0.25) is 0 Å². The molecule has 14 heavy (non-hydrogen) atoms. The summed E-state index contributed by atoms with van der Waals surface area (Å²) < 4.78 is 9.63. The second-order valence-electron chi connectivity index (χ2n) is 3.05. The van der Waals surface area contributed by atoms with Crippen molar-refractivity contribution in [3.05, 3.63) is 0 Å². The van der Waals surface area contributed by atoms with Gasteiger partial charge in [0.05, 0.1) is 20.1 Å². The monoisotopic (exact) mass is 203 g/mol. The van der Waals surface area contributed by atoms with Gasteiger partial charge in [0, 0.05) is 12.6 Å². The quantitative estimate of drug-likeness (QED) is 0.572. The van der Waals surface area contributed by atoms with Crippen molar-refractivity contribution in [1.82, 2.24) is 5.32 Å². The van der Waals surface area contributed by atoms with Crippen LogP contribution in [0.15, 0.2) is 0 Å². The number of morpholine rings is 1. The van der Waals surface area contributed by atoms with E-state index in [9.17, 15) is 9.59 Å². The zero-order chi connectivity index (χ0) is 10.6. The fourth-order valence-electron chi connectivity index (χ4n) is 1.25. The number of carboxylic acids is 1. The first-order valence-electron chi connectivity index (χ1n) is 4.28. The summed E-state index contributed by atoms with van der Waals surface area (Å²) in [6, 6.07) is -0.228. The number of methoxy groups -OCH3 is 1. The molecule has 0 amide bonds. The molecule has 6 heteroatoms. The van der Waals surface area contributed by atoms with Gasteiger partial charge in [-0.05, 0) is 0 Å². The Hall–Kier alpha value is -1.14. The van der Waals surface area contributed by atoms with Crippen LogP contribution in [0, 0.1) is 0 Å². The van der Waals surface area contributed by atoms with Gasteiger partial charge in [0.25, 0.3) is 0 Å². The van der Waals surface area contributed by atoms with Crippen molar-refractivity contribution in [3.8, 4) is 0 Å². The highest BCUT2D eigenvalue weighted by molar-refractivity contribution is 5.75. The normalized spacial score (nSPS) is 26.9. The molecular weight excluding hydrogens is 190 g/mol. The van der Waals surface area contributed by atoms with E-state index in [-0.39, 0.29) is 19.1 Å². The minimum Gasteiger partial charge on any atom is -0.481 e. The van der Waals surface area contributed by atoms with E-state index < -0.39 is 18.0 Å². The minimum atomic E-state index is -0.886. The number of rotatable bonds is 3. The van der Waals surface area contributed by atoms with Crippen LogP contribution in [0.3, 0.4) is 0 Å². The Morgan fingerprint density at radius 2 is 2.36 bits per heavy atom. The smallest absolute Gasteiger partial charge is 0.336 e. The summed E-state index contributed by atoms with van der Waals surface area (Å²) in [5.41, 5.74) is 0. The van der Waals surface area contributed by atoms with Gasteiger partial charge in [-0.1, -0.05) is 0 Å². The van der Waals surface area contributed by atoms with E-state index in [0.717, 1.165) is 0 Å². The molecule has 0 radical (unpaired) electrons. The van der Waals surface area contributed by atoms with E-state index in [2.05, 4.69) is 10.1 Å². The summed E-state index contributed by atoms with van der Waals surface area (Å²) in [7, 11) is 1.29. The van der Waals surface area contributed by atoms with Crippen LogP contribution in [0.4, 0.5) is 0 Å². The van der Waals surface area contributed by atoms with Crippen LogP contribution < -0.4 is 5.32 Å².